The van der Waals surface area contributed by atoms with Gasteiger partial charge in [0.15, 0.2) is 12.4 Å². The number of hydrogen-bond donors (Lipinski definition) is 0. The summed E-state index contributed by atoms with van der Waals surface area (Å²) in [4.78, 5) is 25.0. The molecule has 0 atom stereocenters. The number of ketones is 1. The molecule has 1 aliphatic heterocycles. The summed E-state index contributed by atoms with van der Waals surface area (Å²) in [5.74, 6) is -1.41. The number of methoxy groups -OCH3 is 1. The van der Waals surface area contributed by atoms with Gasteiger partial charge in [0.1, 0.15) is 11.6 Å². The van der Waals surface area contributed by atoms with E-state index in [1.807, 2.05) is 30.6 Å². The van der Waals surface area contributed by atoms with Gasteiger partial charge in [0, 0.05) is 43.7 Å². The number of Topliss-reactive ketones (excluding diaryl/α,β-unsaturated/α-hetero) is 1. The number of rotatable bonds is 10. The SMILES string of the molecule is COCCn1c(C)cc(/C=C(/C#N)C(=O)OCC(=O)c2ccc(S(=O)(=O)N3CCCC3)cc2)c1C. The number of aromatic nitrogens is 1. The second-order valence-corrected chi connectivity index (χ2v) is 10.2. The number of carbonyl (C=O) groups is 2. The molecular weight excluding hydrogens is 470 g/mol. The van der Waals surface area contributed by atoms with Gasteiger partial charge in [-0.05, 0) is 68.7 Å². The first-order chi connectivity index (χ1) is 16.7. The summed E-state index contributed by atoms with van der Waals surface area (Å²) < 4.78 is 38.9. The zero-order valence-electron chi connectivity index (χ0n) is 20.1. The number of esters is 1. The van der Waals surface area contributed by atoms with Crippen molar-refractivity contribution in [2.75, 3.05) is 33.4 Å². The van der Waals surface area contributed by atoms with Crippen LogP contribution in [0.5, 0.6) is 0 Å². The molecule has 9 nitrogen and oxygen atoms in total. The largest absolute Gasteiger partial charge is 0.453 e. The summed E-state index contributed by atoms with van der Waals surface area (Å²) in [5, 5.41) is 9.45. The molecule has 35 heavy (non-hydrogen) atoms. The van der Waals surface area contributed by atoms with Crippen molar-refractivity contribution in [1.82, 2.24) is 8.87 Å². The molecule has 0 saturated carbocycles. The predicted molar refractivity (Wildman–Crippen MR) is 129 cm³/mol. The van der Waals surface area contributed by atoms with Crippen molar-refractivity contribution in [3.05, 3.63) is 58.4 Å². The molecule has 3 rings (SSSR count). The number of carbonyl (C=O) groups excluding carboxylic acids is 2. The van der Waals surface area contributed by atoms with E-state index in [9.17, 15) is 23.3 Å². The van der Waals surface area contributed by atoms with E-state index >= 15 is 0 Å². The van der Waals surface area contributed by atoms with Crippen LogP contribution >= 0.6 is 0 Å². The van der Waals surface area contributed by atoms with Gasteiger partial charge in [-0.15, -0.1) is 0 Å². The quantitative estimate of drug-likeness (QED) is 0.213. The number of nitriles is 1. The number of hydrogen-bond acceptors (Lipinski definition) is 7. The Labute approximate surface area is 205 Å². The van der Waals surface area contributed by atoms with Crippen LogP contribution in [-0.4, -0.2) is 62.5 Å². The maximum atomic E-state index is 12.6. The Balaban J connectivity index is 1.65. The fraction of sp³-hybridized carbons (Fsp3) is 0.400. The van der Waals surface area contributed by atoms with Crippen molar-refractivity contribution in [3.8, 4) is 6.07 Å². The average Bonchev–Trinajstić information content (AvgIpc) is 3.49. The first kappa shape index (κ1) is 26.3. The van der Waals surface area contributed by atoms with E-state index in [1.165, 1.54) is 34.6 Å². The van der Waals surface area contributed by atoms with E-state index in [1.54, 1.807) is 7.11 Å². The monoisotopic (exact) mass is 499 g/mol. The third kappa shape index (κ3) is 6.06. The molecule has 0 amide bonds. The fourth-order valence-corrected chi connectivity index (χ4v) is 5.49. The minimum Gasteiger partial charge on any atom is -0.453 e. The highest BCUT2D eigenvalue weighted by atomic mass is 32.2. The minimum absolute atomic E-state index is 0.116. The lowest BCUT2D eigenvalue weighted by Crippen LogP contribution is -2.27. The van der Waals surface area contributed by atoms with Gasteiger partial charge in [-0.25, -0.2) is 13.2 Å². The van der Waals surface area contributed by atoms with E-state index in [2.05, 4.69) is 0 Å². The maximum Gasteiger partial charge on any atom is 0.349 e. The number of sulfonamides is 1. The lowest BCUT2D eigenvalue weighted by atomic mass is 10.1. The van der Waals surface area contributed by atoms with E-state index in [0.717, 1.165) is 24.2 Å². The van der Waals surface area contributed by atoms with Gasteiger partial charge >= 0.3 is 5.97 Å². The Bertz CT molecular complexity index is 1260. The highest BCUT2D eigenvalue weighted by molar-refractivity contribution is 7.89. The number of ether oxygens (including phenoxy) is 2. The van der Waals surface area contributed by atoms with E-state index in [-0.39, 0.29) is 16.0 Å². The molecule has 0 radical (unpaired) electrons. The topological polar surface area (TPSA) is 119 Å². The Morgan fingerprint density at radius 2 is 1.80 bits per heavy atom. The van der Waals surface area contributed by atoms with Crippen LogP contribution in [-0.2, 0) is 30.8 Å². The van der Waals surface area contributed by atoms with Crippen LogP contribution in [0.3, 0.4) is 0 Å². The molecule has 2 aromatic rings. The van der Waals surface area contributed by atoms with Gasteiger partial charge in [0.2, 0.25) is 10.0 Å². The molecule has 186 valence electrons. The molecule has 0 N–H and O–H groups in total. The summed E-state index contributed by atoms with van der Waals surface area (Å²) >= 11 is 0. The smallest absolute Gasteiger partial charge is 0.349 e. The van der Waals surface area contributed by atoms with Crippen molar-refractivity contribution in [1.29, 1.82) is 5.26 Å². The first-order valence-electron chi connectivity index (χ1n) is 11.3. The van der Waals surface area contributed by atoms with Crippen molar-refractivity contribution < 1.29 is 27.5 Å². The van der Waals surface area contributed by atoms with Crippen LogP contribution in [0.2, 0.25) is 0 Å². The van der Waals surface area contributed by atoms with Gasteiger partial charge in [-0.2, -0.15) is 9.57 Å². The summed E-state index contributed by atoms with van der Waals surface area (Å²) in [6, 6.07) is 9.24. The third-order valence-electron chi connectivity index (χ3n) is 5.99. The molecule has 0 bridgehead atoms. The van der Waals surface area contributed by atoms with Crippen LogP contribution in [0.25, 0.3) is 6.08 Å². The van der Waals surface area contributed by atoms with Crippen molar-refractivity contribution in [3.63, 3.8) is 0 Å². The Morgan fingerprint density at radius 3 is 2.40 bits per heavy atom. The maximum absolute atomic E-state index is 12.6. The van der Waals surface area contributed by atoms with Crippen LogP contribution in [0.1, 0.15) is 40.2 Å². The second kappa shape index (κ2) is 11.4. The molecule has 0 spiro atoms. The molecule has 1 aliphatic rings. The summed E-state index contributed by atoms with van der Waals surface area (Å²) in [6.45, 7) is 5.38. The standard InChI is InChI=1S/C25H29N3O6S/c1-18-14-21(19(2)28(18)12-13-33-3)15-22(16-26)25(30)34-17-24(29)20-6-8-23(9-7-20)35(31,32)27-10-4-5-11-27/h6-9,14-15H,4-5,10-13,17H2,1-3H3/b22-15-. The van der Waals surface area contributed by atoms with Crippen molar-refractivity contribution in [2.45, 2.75) is 38.1 Å². The predicted octanol–water partition coefficient (Wildman–Crippen LogP) is 2.87. The molecule has 0 unspecified atom stereocenters. The third-order valence-corrected chi connectivity index (χ3v) is 7.90. The summed E-state index contributed by atoms with van der Waals surface area (Å²) in [5.41, 5.74) is 2.52. The van der Waals surface area contributed by atoms with E-state index in [0.29, 0.717) is 31.8 Å². The zero-order chi connectivity index (χ0) is 25.6. The number of aryl methyl sites for hydroxylation is 1. The van der Waals surface area contributed by atoms with Gasteiger partial charge in [-0.3, -0.25) is 4.79 Å². The normalized spacial score (nSPS) is 14.6. The summed E-state index contributed by atoms with van der Waals surface area (Å²) in [7, 11) is -1.96. The van der Waals surface area contributed by atoms with Crippen LogP contribution in [0.15, 0.2) is 40.8 Å². The van der Waals surface area contributed by atoms with Gasteiger partial charge in [-0.1, -0.05) is 0 Å². The van der Waals surface area contributed by atoms with Crippen LogP contribution in [0.4, 0.5) is 0 Å². The Morgan fingerprint density at radius 1 is 1.14 bits per heavy atom. The highest BCUT2D eigenvalue weighted by Crippen LogP contribution is 2.22. The first-order valence-corrected chi connectivity index (χ1v) is 12.7. The molecule has 1 aromatic carbocycles. The van der Waals surface area contributed by atoms with Crippen molar-refractivity contribution >= 4 is 27.9 Å². The van der Waals surface area contributed by atoms with Gasteiger partial charge in [0.05, 0.1) is 11.5 Å². The fourth-order valence-electron chi connectivity index (χ4n) is 3.98. The number of nitrogens with zero attached hydrogens (tertiary/aromatic N) is 3. The molecule has 1 aromatic heterocycles. The average molecular weight is 500 g/mol. The molecular formula is C25H29N3O6S. The molecule has 1 saturated heterocycles. The molecule has 0 aliphatic carbocycles. The second-order valence-electron chi connectivity index (χ2n) is 8.28. The Kier molecular flexibility index (Phi) is 8.62. The van der Waals surface area contributed by atoms with Crippen LogP contribution in [0, 0.1) is 25.2 Å². The van der Waals surface area contributed by atoms with Gasteiger partial charge < -0.3 is 14.0 Å². The molecule has 2 heterocycles. The summed E-state index contributed by atoms with van der Waals surface area (Å²) in [6.07, 6.45) is 3.11. The lowest BCUT2D eigenvalue weighted by molar-refractivity contribution is -0.137. The minimum atomic E-state index is -3.58. The van der Waals surface area contributed by atoms with Crippen molar-refractivity contribution in [2.24, 2.45) is 0 Å². The Hall–Kier alpha value is -3.26. The number of benzene rings is 1. The highest BCUT2D eigenvalue weighted by Gasteiger charge is 2.27. The van der Waals surface area contributed by atoms with Crippen LogP contribution < -0.4 is 0 Å². The van der Waals surface area contributed by atoms with Gasteiger partial charge in [0.25, 0.3) is 0 Å². The molecule has 10 heteroatoms. The van der Waals surface area contributed by atoms with E-state index < -0.39 is 28.4 Å². The molecule has 1 fully saturated rings. The zero-order valence-corrected chi connectivity index (χ0v) is 20.9. The lowest BCUT2D eigenvalue weighted by Gasteiger charge is -2.15. The van der Waals surface area contributed by atoms with E-state index in [4.69, 9.17) is 9.47 Å².